The first-order valence-corrected chi connectivity index (χ1v) is 7.05. The molecule has 0 radical (unpaired) electrons. The fraction of sp³-hybridized carbons (Fsp3) is 0.333. The molecule has 7 nitrogen and oxygen atoms in total. The highest BCUT2D eigenvalue weighted by Gasteiger charge is 2.19. The number of nitrogens with zero attached hydrogens (tertiary/aromatic N) is 2. The Bertz CT molecular complexity index is 556. The van der Waals surface area contributed by atoms with Crippen molar-refractivity contribution in [3.63, 3.8) is 0 Å². The molecule has 0 unspecified atom stereocenters. The first-order valence-electron chi connectivity index (χ1n) is 5.66. The molecule has 0 saturated heterocycles. The van der Waals surface area contributed by atoms with Crippen LogP contribution in [0.15, 0.2) is 18.2 Å². The van der Waals surface area contributed by atoms with Crippen LogP contribution in [0.4, 0.5) is 11.4 Å². The molecule has 0 bridgehead atoms. The van der Waals surface area contributed by atoms with Crippen LogP contribution in [-0.2, 0) is 4.79 Å². The largest absolute Gasteiger partial charge is 0.480 e. The van der Waals surface area contributed by atoms with E-state index in [1.54, 1.807) is 0 Å². The highest BCUT2D eigenvalue weighted by Crippen LogP contribution is 2.22. The number of rotatable bonds is 7. The van der Waals surface area contributed by atoms with Gasteiger partial charge in [0, 0.05) is 12.1 Å². The van der Waals surface area contributed by atoms with Gasteiger partial charge in [0.15, 0.2) is 0 Å². The predicted octanol–water partition coefficient (Wildman–Crippen LogP) is 2.08. The molecule has 2 N–H and O–H groups in total. The van der Waals surface area contributed by atoms with Gasteiger partial charge in [-0.1, -0.05) is 0 Å². The number of nitro benzene ring substituents is 1. The van der Waals surface area contributed by atoms with Gasteiger partial charge in [0.05, 0.1) is 16.2 Å². The molecule has 0 aliphatic heterocycles. The Hall–Kier alpha value is -2.27. The summed E-state index contributed by atoms with van der Waals surface area (Å²) in [4.78, 5) is 21.1. The summed E-state index contributed by atoms with van der Waals surface area (Å²) in [6, 6.07) is 4.70. The van der Waals surface area contributed by atoms with Crippen molar-refractivity contribution in [1.82, 2.24) is 0 Å². The molecule has 106 valence electrons. The third kappa shape index (κ3) is 4.13. The fourth-order valence-electron chi connectivity index (χ4n) is 1.54. The van der Waals surface area contributed by atoms with Crippen molar-refractivity contribution in [1.29, 1.82) is 5.26 Å². The van der Waals surface area contributed by atoms with E-state index in [-0.39, 0.29) is 16.9 Å². The normalized spacial score (nSPS) is 11.4. The molecule has 8 heteroatoms. The third-order valence-corrected chi connectivity index (χ3v) is 3.22. The summed E-state index contributed by atoms with van der Waals surface area (Å²) >= 11 is 1.52. The summed E-state index contributed by atoms with van der Waals surface area (Å²) in [5, 5.41) is 31.5. The zero-order valence-corrected chi connectivity index (χ0v) is 11.5. The topological polar surface area (TPSA) is 116 Å². The van der Waals surface area contributed by atoms with Crippen LogP contribution in [0.25, 0.3) is 0 Å². The van der Waals surface area contributed by atoms with E-state index in [0.717, 1.165) is 6.07 Å². The van der Waals surface area contributed by atoms with Crippen LogP contribution in [0.2, 0.25) is 0 Å². The molecule has 0 saturated carbocycles. The maximum absolute atomic E-state index is 11.1. The Balaban J connectivity index is 2.98. The average molecular weight is 295 g/mol. The molecule has 1 atom stereocenters. The number of benzene rings is 1. The molecule has 1 aromatic rings. The quantitative estimate of drug-likeness (QED) is 0.584. The monoisotopic (exact) mass is 295 g/mol. The van der Waals surface area contributed by atoms with Crippen molar-refractivity contribution in [2.24, 2.45) is 0 Å². The Morgan fingerprint density at radius 1 is 1.65 bits per heavy atom. The molecular weight excluding hydrogens is 282 g/mol. The first-order chi connectivity index (χ1) is 9.49. The smallest absolute Gasteiger partial charge is 0.326 e. The van der Waals surface area contributed by atoms with Gasteiger partial charge in [-0.15, -0.1) is 0 Å². The molecule has 0 fully saturated rings. The Labute approximate surface area is 119 Å². The Morgan fingerprint density at radius 2 is 2.35 bits per heavy atom. The average Bonchev–Trinajstić information content (AvgIpc) is 2.42. The van der Waals surface area contributed by atoms with Crippen molar-refractivity contribution < 1.29 is 14.8 Å². The number of hydrogen-bond acceptors (Lipinski definition) is 6. The number of hydrogen-bond donors (Lipinski definition) is 2. The lowest BCUT2D eigenvalue weighted by atomic mass is 10.1. The number of non-ortho nitro benzene ring substituents is 1. The molecule has 0 amide bonds. The Kier molecular flexibility index (Phi) is 5.80. The Morgan fingerprint density at radius 3 is 2.85 bits per heavy atom. The number of anilines is 1. The van der Waals surface area contributed by atoms with Gasteiger partial charge in [0.1, 0.15) is 12.1 Å². The minimum absolute atomic E-state index is 0.0506. The number of carboxylic acids is 1. The van der Waals surface area contributed by atoms with Crippen LogP contribution in [0.1, 0.15) is 12.0 Å². The standard InChI is InChI=1S/C12H13N3O4S/c1-20-5-4-11(12(16)17)14-10-3-2-9(15(18)19)6-8(10)7-13/h2-3,6,11,14H,4-5H2,1H3,(H,16,17)/t11-/m1/s1. The number of thioether (sulfide) groups is 1. The van der Waals surface area contributed by atoms with Gasteiger partial charge in [-0.25, -0.2) is 4.79 Å². The maximum atomic E-state index is 11.1. The predicted molar refractivity (Wildman–Crippen MR) is 75.9 cm³/mol. The number of nitro groups is 1. The SMILES string of the molecule is CSCC[C@@H](Nc1ccc([N+](=O)[O-])cc1C#N)C(=O)O. The van der Waals surface area contributed by atoms with Crippen molar-refractivity contribution in [2.45, 2.75) is 12.5 Å². The second-order valence-electron chi connectivity index (χ2n) is 3.92. The van der Waals surface area contributed by atoms with Gasteiger partial charge in [0.2, 0.25) is 0 Å². The maximum Gasteiger partial charge on any atom is 0.326 e. The molecule has 1 rings (SSSR count). The van der Waals surface area contributed by atoms with Gasteiger partial charge in [0.25, 0.3) is 5.69 Å². The van der Waals surface area contributed by atoms with Crippen LogP contribution >= 0.6 is 11.8 Å². The van der Waals surface area contributed by atoms with E-state index in [0.29, 0.717) is 12.2 Å². The summed E-state index contributed by atoms with van der Waals surface area (Å²) in [5.74, 6) is -0.375. The lowest BCUT2D eigenvalue weighted by molar-refractivity contribution is -0.384. The molecule has 0 spiro atoms. The number of aliphatic carboxylic acids is 1. The van der Waals surface area contributed by atoms with E-state index in [4.69, 9.17) is 10.4 Å². The summed E-state index contributed by atoms with van der Waals surface area (Å²) in [6.45, 7) is 0. The number of nitriles is 1. The highest BCUT2D eigenvalue weighted by atomic mass is 32.2. The van der Waals surface area contributed by atoms with Gasteiger partial charge in [-0.3, -0.25) is 10.1 Å². The second-order valence-corrected chi connectivity index (χ2v) is 4.90. The third-order valence-electron chi connectivity index (χ3n) is 2.57. The lowest BCUT2D eigenvalue weighted by Gasteiger charge is -2.16. The summed E-state index contributed by atoms with van der Waals surface area (Å²) in [5.41, 5.74) is 0.129. The second kappa shape index (κ2) is 7.35. The van der Waals surface area contributed by atoms with Gasteiger partial charge in [-0.05, 0) is 24.5 Å². The van der Waals surface area contributed by atoms with Crippen molar-refractivity contribution in [3.05, 3.63) is 33.9 Å². The van der Waals surface area contributed by atoms with Gasteiger partial charge in [-0.2, -0.15) is 17.0 Å². The molecule has 0 aliphatic carbocycles. The van der Waals surface area contributed by atoms with E-state index >= 15 is 0 Å². The highest BCUT2D eigenvalue weighted by molar-refractivity contribution is 7.98. The zero-order valence-electron chi connectivity index (χ0n) is 10.7. The van der Waals surface area contributed by atoms with E-state index in [1.165, 1.54) is 23.9 Å². The minimum atomic E-state index is -1.03. The lowest BCUT2D eigenvalue weighted by Crippen LogP contribution is -2.30. The van der Waals surface area contributed by atoms with Crippen molar-refractivity contribution in [2.75, 3.05) is 17.3 Å². The van der Waals surface area contributed by atoms with Gasteiger partial charge < -0.3 is 10.4 Å². The van der Waals surface area contributed by atoms with Crippen molar-refractivity contribution >= 4 is 29.1 Å². The van der Waals surface area contributed by atoms with Crippen LogP contribution < -0.4 is 5.32 Å². The fourth-order valence-corrected chi connectivity index (χ4v) is 2.02. The summed E-state index contributed by atoms with van der Waals surface area (Å²) < 4.78 is 0. The van der Waals surface area contributed by atoms with Crippen LogP contribution in [0.3, 0.4) is 0 Å². The molecule has 0 aliphatic rings. The zero-order chi connectivity index (χ0) is 15.1. The number of nitrogens with one attached hydrogen (secondary N) is 1. The van der Waals surface area contributed by atoms with E-state index < -0.39 is 16.9 Å². The molecule has 0 heterocycles. The summed E-state index contributed by atoms with van der Waals surface area (Å²) in [6.07, 6.45) is 2.25. The first kappa shape index (κ1) is 15.8. The molecule has 20 heavy (non-hydrogen) atoms. The van der Waals surface area contributed by atoms with Crippen LogP contribution in [-0.4, -0.2) is 34.0 Å². The van der Waals surface area contributed by atoms with Crippen molar-refractivity contribution in [3.8, 4) is 6.07 Å². The van der Waals surface area contributed by atoms with Crippen LogP contribution in [0.5, 0.6) is 0 Å². The minimum Gasteiger partial charge on any atom is -0.480 e. The molecular formula is C12H13N3O4S. The van der Waals surface area contributed by atoms with Crippen LogP contribution in [0, 0.1) is 21.4 Å². The molecule has 1 aromatic carbocycles. The number of carboxylic acid groups (broad SMARTS) is 1. The van der Waals surface area contributed by atoms with E-state index in [2.05, 4.69) is 5.32 Å². The molecule has 0 aromatic heterocycles. The van der Waals surface area contributed by atoms with E-state index in [9.17, 15) is 14.9 Å². The number of carbonyl (C=O) groups is 1. The van der Waals surface area contributed by atoms with E-state index in [1.807, 2.05) is 12.3 Å². The van der Waals surface area contributed by atoms with Gasteiger partial charge >= 0.3 is 5.97 Å². The summed E-state index contributed by atoms with van der Waals surface area (Å²) in [7, 11) is 0.